The van der Waals surface area contributed by atoms with E-state index in [1.807, 2.05) is 25.1 Å². The van der Waals surface area contributed by atoms with Crippen LogP contribution in [0.4, 0.5) is 5.82 Å². The highest BCUT2D eigenvalue weighted by atomic mass is 35.5. The summed E-state index contributed by atoms with van der Waals surface area (Å²) in [6, 6.07) is 5.58. The fourth-order valence-corrected chi connectivity index (χ4v) is 2.11. The second-order valence-corrected chi connectivity index (χ2v) is 5.21. The smallest absolute Gasteiger partial charge is 0.227 e. The van der Waals surface area contributed by atoms with Crippen LogP contribution in [0.3, 0.4) is 0 Å². The molecular weight excluding hydrogens is 286 g/mol. The Morgan fingerprint density at radius 2 is 2.05 bits per heavy atom. The summed E-state index contributed by atoms with van der Waals surface area (Å²) in [4.78, 5) is 8.56. The second kappa shape index (κ2) is 7.27. The summed E-state index contributed by atoms with van der Waals surface area (Å²) in [5.74, 6) is 2.16. The number of aromatic nitrogens is 2. The average Bonchev–Trinajstić information content (AvgIpc) is 2.49. The van der Waals surface area contributed by atoms with Crippen molar-refractivity contribution in [2.45, 2.75) is 33.6 Å². The number of anilines is 1. The summed E-state index contributed by atoms with van der Waals surface area (Å²) < 4.78 is 5.91. The molecule has 2 aromatic rings. The molecule has 0 aliphatic carbocycles. The quantitative estimate of drug-likeness (QED) is 0.846. The summed E-state index contributed by atoms with van der Waals surface area (Å²) in [6.45, 7) is 7.01. The highest BCUT2D eigenvalue weighted by Gasteiger charge is 2.12. The van der Waals surface area contributed by atoms with E-state index in [0.717, 1.165) is 47.1 Å². The fourth-order valence-electron chi connectivity index (χ4n) is 1.99. The molecule has 112 valence electrons. The maximum absolute atomic E-state index is 6.03. The molecule has 0 aliphatic heterocycles. The van der Waals surface area contributed by atoms with E-state index in [0.29, 0.717) is 5.88 Å². The summed E-state index contributed by atoms with van der Waals surface area (Å²) in [5, 5.41) is 4.04. The first-order valence-corrected chi connectivity index (χ1v) is 7.55. The van der Waals surface area contributed by atoms with Crippen molar-refractivity contribution in [2.24, 2.45) is 0 Å². The average molecular weight is 306 g/mol. The van der Waals surface area contributed by atoms with Gasteiger partial charge in [-0.15, -0.1) is 0 Å². The van der Waals surface area contributed by atoms with Crippen molar-refractivity contribution >= 4 is 17.4 Å². The van der Waals surface area contributed by atoms with Gasteiger partial charge in [0.1, 0.15) is 17.9 Å². The zero-order valence-corrected chi connectivity index (χ0v) is 13.4. The van der Waals surface area contributed by atoms with Gasteiger partial charge >= 0.3 is 0 Å². The Balaban J connectivity index is 2.28. The first-order chi connectivity index (χ1) is 10.2. The van der Waals surface area contributed by atoms with Crippen molar-refractivity contribution in [1.82, 2.24) is 9.97 Å². The van der Waals surface area contributed by atoms with Gasteiger partial charge in [-0.2, -0.15) is 0 Å². The van der Waals surface area contributed by atoms with E-state index in [1.54, 1.807) is 0 Å². The summed E-state index contributed by atoms with van der Waals surface area (Å²) in [7, 11) is 0. The van der Waals surface area contributed by atoms with E-state index in [9.17, 15) is 0 Å². The molecule has 0 spiro atoms. The summed E-state index contributed by atoms with van der Waals surface area (Å²) >= 11 is 6.03. The SMILES string of the molecule is CCCNc1ncnc(Oc2ccc(Cl)c(C)c2)c1CC. The number of hydrogen-bond acceptors (Lipinski definition) is 4. The largest absolute Gasteiger partial charge is 0.439 e. The summed E-state index contributed by atoms with van der Waals surface area (Å²) in [5.41, 5.74) is 1.96. The van der Waals surface area contributed by atoms with Crippen molar-refractivity contribution in [3.63, 3.8) is 0 Å². The molecule has 0 bridgehead atoms. The molecule has 1 aromatic carbocycles. The normalized spacial score (nSPS) is 10.5. The van der Waals surface area contributed by atoms with E-state index in [-0.39, 0.29) is 0 Å². The maximum atomic E-state index is 6.03. The lowest BCUT2D eigenvalue weighted by molar-refractivity contribution is 0.455. The van der Waals surface area contributed by atoms with Crippen molar-refractivity contribution < 1.29 is 4.74 Å². The number of nitrogens with one attached hydrogen (secondary N) is 1. The van der Waals surface area contributed by atoms with Crippen LogP contribution in [-0.4, -0.2) is 16.5 Å². The predicted molar refractivity (Wildman–Crippen MR) is 86.5 cm³/mol. The van der Waals surface area contributed by atoms with Crippen molar-refractivity contribution in [3.8, 4) is 11.6 Å². The lowest BCUT2D eigenvalue weighted by Gasteiger charge is -2.13. The van der Waals surface area contributed by atoms with Gasteiger partial charge < -0.3 is 10.1 Å². The Labute approximate surface area is 130 Å². The van der Waals surface area contributed by atoms with E-state index in [2.05, 4.69) is 29.1 Å². The highest BCUT2D eigenvalue weighted by Crippen LogP contribution is 2.29. The van der Waals surface area contributed by atoms with Crippen LogP contribution in [0.5, 0.6) is 11.6 Å². The molecule has 0 fully saturated rings. The molecule has 0 atom stereocenters. The van der Waals surface area contributed by atoms with Gasteiger partial charge in [0.15, 0.2) is 0 Å². The molecule has 0 aliphatic rings. The van der Waals surface area contributed by atoms with E-state index in [4.69, 9.17) is 16.3 Å². The maximum Gasteiger partial charge on any atom is 0.227 e. The van der Waals surface area contributed by atoms with Crippen LogP contribution >= 0.6 is 11.6 Å². The van der Waals surface area contributed by atoms with Gasteiger partial charge in [-0.25, -0.2) is 9.97 Å². The molecule has 2 rings (SSSR count). The molecule has 21 heavy (non-hydrogen) atoms. The van der Waals surface area contributed by atoms with E-state index in [1.165, 1.54) is 6.33 Å². The topological polar surface area (TPSA) is 47.0 Å². The van der Waals surface area contributed by atoms with Gasteiger partial charge in [-0.3, -0.25) is 0 Å². The van der Waals surface area contributed by atoms with Gasteiger partial charge in [0.05, 0.1) is 5.56 Å². The molecule has 0 radical (unpaired) electrons. The zero-order valence-electron chi connectivity index (χ0n) is 12.6. The van der Waals surface area contributed by atoms with Crippen molar-refractivity contribution in [2.75, 3.05) is 11.9 Å². The lowest BCUT2D eigenvalue weighted by Crippen LogP contribution is -2.07. The molecule has 0 unspecified atom stereocenters. The van der Waals surface area contributed by atoms with Gasteiger partial charge in [-0.1, -0.05) is 25.4 Å². The second-order valence-electron chi connectivity index (χ2n) is 4.80. The molecular formula is C16H20ClN3O. The van der Waals surface area contributed by atoms with Crippen molar-refractivity contribution in [1.29, 1.82) is 0 Å². The number of benzene rings is 1. The standard InChI is InChI=1S/C16H20ClN3O/c1-4-8-18-15-13(5-2)16(20-10-19-15)21-12-6-7-14(17)11(3)9-12/h6-7,9-10H,4-5,8H2,1-3H3,(H,18,19,20). The number of ether oxygens (including phenoxy) is 1. The van der Waals surface area contributed by atoms with Gasteiger partial charge in [0.2, 0.25) is 5.88 Å². The minimum Gasteiger partial charge on any atom is -0.439 e. The lowest BCUT2D eigenvalue weighted by atomic mass is 10.2. The zero-order chi connectivity index (χ0) is 15.2. The van der Waals surface area contributed by atoms with Gasteiger partial charge in [-0.05, 0) is 43.5 Å². The van der Waals surface area contributed by atoms with Crippen molar-refractivity contribution in [3.05, 3.63) is 40.7 Å². The monoisotopic (exact) mass is 305 g/mol. The first kappa shape index (κ1) is 15.6. The number of rotatable bonds is 6. The third-order valence-corrected chi connectivity index (χ3v) is 3.57. The molecule has 1 N–H and O–H groups in total. The molecule has 4 nitrogen and oxygen atoms in total. The highest BCUT2D eigenvalue weighted by molar-refractivity contribution is 6.31. The summed E-state index contributed by atoms with van der Waals surface area (Å²) in [6.07, 6.45) is 3.36. The molecule has 5 heteroatoms. The predicted octanol–water partition coefficient (Wildman–Crippen LogP) is 4.62. The third kappa shape index (κ3) is 3.85. The minimum absolute atomic E-state index is 0.591. The van der Waals surface area contributed by atoms with Crippen LogP contribution in [0, 0.1) is 6.92 Å². The number of hydrogen-bond donors (Lipinski definition) is 1. The Morgan fingerprint density at radius 1 is 1.24 bits per heavy atom. The van der Waals surface area contributed by atoms with Gasteiger partial charge in [0, 0.05) is 11.6 Å². The molecule has 0 saturated carbocycles. The Hall–Kier alpha value is -1.81. The van der Waals surface area contributed by atoms with Crippen LogP contribution < -0.4 is 10.1 Å². The van der Waals surface area contributed by atoms with Gasteiger partial charge in [0.25, 0.3) is 0 Å². The minimum atomic E-state index is 0.591. The number of halogens is 1. The fraction of sp³-hybridized carbons (Fsp3) is 0.375. The molecule has 0 saturated heterocycles. The molecule has 0 amide bonds. The number of aryl methyl sites for hydroxylation is 1. The molecule has 1 heterocycles. The van der Waals surface area contributed by atoms with Crippen LogP contribution in [0.1, 0.15) is 31.4 Å². The Kier molecular flexibility index (Phi) is 5.39. The van der Waals surface area contributed by atoms with Crippen LogP contribution in [0.2, 0.25) is 5.02 Å². The third-order valence-electron chi connectivity index (χ3n) is 3.15. The number of nitrogens with zero attached hydrogens (tertiary/aromatic N) is 2. The van der Waals surface area contributed by atoms with E-state index >= 15 is 0 Å². The van der Waals surface area contributed by atoms with Crippen LogP contribution in [0.25, 0.3) is 0 Å². The Bertz CT molecular complexity index is 616. The van der Waals surface area contributed by atoms with E-state index < -0.39 is 0 Å². The Morgan fingerprint density at radius 3 is 2.71 bits per heavy atom. The first-order valence-electron chi connectivity index (χ1n) is 7.17. The molecule has 1 aromatic heterocycles. The van der Waals surface area contributed by atoms with Crippen LogP contribution in [0.15, 0.2) is 24.5 Å². The van der Waals surface area contributed by atoms with Crippen LogP contribution in [-0.2, 0) is 6.42 Å².